The number of nitrogens with zero attached hydrogens (tertiary/aromatic N) is 4. The number of hydrogen-bond donors (Lipinski definition) is 0. The largest absolute Gasteiger partial charge is 0.379 e. The molecule has 1 aromatic rings. The maximum absolute atomic E-state index is 6.08. The highest BCUT2D eigenvalue weighted by molar-refractivity contribution is 6.99. The van der Waals surface area contributed by atoms with E-state index < -0.39 is 0 Å². The summed E-state index contributed by atoms with van der Waals surface area (Å²) in [6, 6.07) is 0. The van der Waals surface area contributed by atoms with Gasteiger partial charge in [0.05, 0.1) is 24.9 Å². The summed E-state index contributed by atoms with van der Waals surface area (Å²) in [4.78, 5) is 4.80. The van der Waals surface area contributed by atoms with E-state index in [-0.39, 0.29) is 0 Å². The number of piperidine rings is 1. The summed E-state index contributed by atoms with van der Waals surface area (Å²) < 4.78 is 13.8. The molecule has 0 aromatic carbocycles. The van der Waals surface area contributed by atoms with Crippen LogP contribution in [0.2, 0.25) is 5.15 Å². The molecule has 0 amide bonds. The van der Waals surface area contributed by atoms with Crippen molar-refractivity contribution >= 4 is 29.1 Å². The van der Waals surface area contributed by atoms with Crippen LogP contribution in [0.25, 0.3) is 0 Å². The quantitative estimate of drug-likeness (QED) is 0.851. The molecule has 19 heavy (non-hydrogen) atoms. The molecule has 3 rings (SSSR count). The average Bonchev–Trinajstić information content (AvgIpc) is 2.86. The molecule has 1 atom stereocenters. The second-order valence-corrected chi connectivity index (χ2v) is 6.13. The molecule has 2 aliphatic heterocycles. The van der Waals surface area contributed by atoms with Gasteiger partial charge >= 0.3 is 0 Å². The third-order valence-corrected chi connectivity index (χ3v) is 4.74. The Balaban J connectivity index is 1.57. The van der Waals surface area contributed by atoms with Crippen molar-refractivity contribution in [1.82, 2.24) is 13.6 Å². The van der Waals surface area contributed by atoms with Crippen LogP contribution < -0.4 is 4.90 Å². The Labute approximate surface area is 122 Å². The molecule has 7 heteroatoms. The van der Waals surface area contributed by atoms with E-state index in [4.69, 9.17) is 16.3 Å². The van der Waals surface area contributed by atoms with Crippen LogP contribution in [0.3, 0.4) is 0 Å². The molecular weight excluding hydrogens is 284 g/mol. The molecule has 1 aromatic heterocycles. The van der Waals surface area contributed by atoms with Gasteiger partial charge in [-0.2, -0.15) is 8.75 Å². The van der Waals surface area contributed by atoms with Crippen molar-refractivity contribution in [3.8, 4) is 0 Å². The molecular formula is C12H19ClN4OS. The van der Waals surface area contributed by atoms with Gasteiger partial charge in [-0.3, -0.25) is 4.90 Å². The Bertz CT molecular complexity index is 410. The summed E-state index contributed by atoms with van der Waals surface area (Å²) in [7, 11) is 0. The van der Waals surface area contributed by atoms with Crippen molar-refractivity contribution in [3.05, 3.63) is 5.15 Å². The number of aromatic nitrogens is 2. The fourth-order valence-electron chi connectivity index (χ4n) is 2.92. The zero-order valence-corrected chi connectivity index (χ0v) is 12.5. The lowest BCUT2D eigenvalue weighted by molar-refractivity contribution is 0.0296. The van der Waals surface area contributed by atoms with E-state index in [0.717, 1.165) is 51.8 Å². The van der Waals surface area contributed by atoms with Crippen LogP contribution >= 0.6 is 23.3 Å². The Morgan fingerprint density at radius 1 is 1.26 bits per heavy atom. The topological polar surface area (TPSA) is 41.5 Å². The molecule has 0 saturated carbocycles. The SMILES string of the molecule is Clc1nsnc1N1CCC[C@H](CN2CCOCC2)C1. The summed E-state index contributed by atoms with van der Waals surface area (Å²) in [5, 5.41) is 0.553. The Morgan fingerprint density at radius 3 is 2.84 bits per heavy atom. The minimum absolute atomic E-state index is 0.553. The van der Waals surface area contributed by atoms with E-state index in [2.05, 4.69) is 18.5 Å². The van der Waals surface area contributed by atoms with E-state index in [1.54, 1.807) is 0 Å². The fraction of sp³-hybridized carbons (Fsp3) is 0.833. The van der Waals surface area contributed by atoms with Gasteiger partial charge in [0.25, 0.3) is 0 Å². The average molecular weight is 303 g/mol. The van der Waals surface area contributed by atoms with Gasteiger partial charge < -0.3 is 9.64 Å². The van der Waals surface area contributed by atoms with E-state index in [1.165, 1.54) is 24.6 Å². The highest BCUT2D eigenvalue weighted by atomic mass is 35.5. The first-order chi connectivity index (χ1) is 9.33. The molecule has 0 radical (unpaired) electrons. The second-order valence-electron chi connectivity index (χ2n) is 5.25. The number of halogens is 1. The Kier molecular flexibility index (Phi) is 4.53. The zero-order valence-electron chi connectivity index (χ0n) is 10.9. The van der Waals surface area contributed by atoms with Crippen LogP contribution in [0, 0.1) is 5.92 Å². The van der Waals surface area contributed by atoms with Crippen molar-refractivity contribution in [1.29, 1.82) is 0 Å². The fourth-order valence-corrected chi connectivity index (χ4v) is 3.69. The predicted molar refractivity (Wildman–Crippen MR) is 77.1 cm³/mol. The maximum atomic E-state index is 6.08. The van der Waals surface area contributed by atoms with Crippen molar-refractivity contribution < 1.29 is 4.74 Å². The van der Waals surface area contributed by atoms with Gasteiger partial charge in [-0.1, -0.05) is 11.6 Å². The highest BCUT2D eigenvalue weighted by Gasteiger charge is 2.25. The number of morpholine rings is 1. The number of hydrogen-bond acceptors (Lipinski definition) is 6. The molecule has 2 aliphatic rings. The molecule has 0 bridgehead atoms. The summed E-state index contributed by atoms with van der Waals surface area (Å²) in [5.41, 5.74) is 0. The van der Waals surface area contributed by atoms with Crippen LogP contribution in [0.1, 0.15) is 12.8 Å². The standard InChI is InChI=1S/C12H19ClN4OS/c13-11-12(15-19-14-11)17-3-1-2-10(9-17)8-16-4-6-18-7-5-16/h10H,1-9H2/t10-/m1/s1. The van der Waals surface area contributed by atoms with Crippen LogP contribution in [-0.2, 0) is 4.74 Å². The highest BCUT2D eigenvalue weighted by Crippen LogP contribution is 2.28. The summed E-state index contributed by atoms with van der Waals surface area (Å²) >= 11 is 7.28. The van der Waals surface area contributed by atoms with Crippen LogP contribution in [0.15, 0.2) is 0 Å². The lowest BCUT2D eigenvalue weighted by atomic mass is 9.97. The van der Waals surface area contributed by atoms with Crippen molar-refractivity contribution in [2.75, 3.05) is 50.8 Å². The van der Waals surface area contributed by atoms with E-state index in [1.807, 2.05) is 0 Å². The molecule has 0 unspecified atom stereocenters. The molecule has 2 fully saturated rings. The first-order valence-electron chi connectivity index (χ1n) is 6.86. The molecule has 5 nitrogen and oxygen atoms in total. The van der Waals surface area contributed by atoms with Crippen LogP contribution in [-0.4, -0.2) is 59.6 Å². The van der Waals surface area contributed by atoms with E-state index in [0.29, 0.717) is 11.1 Å². The smallest absolute Gasteiger partial charge is 0.187 e. The molecule has 0 spiro atoms. The van der Waals surface area contributed by atoms with Gasteiger partial charge in [-0.25, -0.2) is 0 Å². The molecule has 106 valence electrons. The lowest BCUT2D eigenvalue weighted by Gasteiger charge is -2.36. The van der Waals surface area contributed by atoms with Crippen molar-refractivity contribution in [2.24, 2.45) is 5.92 Å². The minimum Gasteiger partial charge on any atom is -0.379 e. The predicted octanol–water partition coefficient (Wildman–Crippen LogP) is 1.74. The third-order valence-electron chi connectivity index (χ3n) is 3.87. The minimum atomic E-state index is 0.553. The maximum Gasteiger partial charge on any atom is 0.187 e. The monoisotopic (exact) mass is 302 g/mol. The summed E-state index contributed by atoms with van der Waals surface area (Å²) in [6.07, 6.45) is 2.51. The van der Waals surface area contributed by atoms with Gasteiger partial charge in [-0.15, -0.1) is 0 Å². The molecule has 0 N–H and O–H groups in total. The lowest BCUT2D eigenvalue weighted by Crippen LogP contribution is -2.44. The van der Waals surface area contributed by atoms with Gasteiger partial charge in [0.2, 0.25) is 0 Å². The Hall–Kier alpha value is -0.430. The first-order valence-corrected chi connectivity index (χ1v) is 7.97. The second kappa shape index (κ2) is 6.35. The normalized spacial score (nSPS) is 25.7. The van der Waals surface area contributed by atoms with Crippen molar-refractivity contribution in [3.63, 3.8) is 0 Å². The van der Waals surface area contributed by atoms with Crippen LogP contribution in [0.4, 0.5) is 5.82 Å². The van der Waals surface area contributed by atoms with Crippen molar-refractivity contribution in [2.45, 2.75) is 12.8 Å². The van der Waals surface area contributed by atoms with Gasteiger partial charge in [0.15, 0.2) is 11.0 Å². The Morgan fingerprint density at radius 2 is 2.11 bits per heavy atom. The molecule has 2 saturated heterocycles. The zero-order chi connectivity index (χ0) is 13.1. The first kappa shape index (κ1) is 13.5. The number of rotatable bonds is 3. The van der Waals surface area contributed by atoms with E-state index in [9.17, 15) is 0 Å². The summed E-state index contributed by atoms with van der Waals surface area (Å²) in [5.74, 6) is 1.57. The van der Waals surface area contributed by atoms with Gasteiger partial charge in [-0.05, 0) is 18.8 Å². The summed E-state index contributed by atoms with van der Waals surface area (Å²) in [6.45, 7) is 7.13. The number of ether oxygens (including phenoxy) is 1. The third kappa shape index (κ3) is 3.37. The van der Waals surface area contributed by atoms with Gasteiger partial charge in [0, 0.05) is 32.7 Å². The number of anilines is 1. The van der Waals surface area contributed by atoms with Gasteiger partial charge in [0.1, 0.15) is 0 Å². The van der Waals surface area contributed by atoms with E-state index >= 15 is 0 Å². The van der Waals surface area contributed by atoms with Crippen LogP contribution in [0.5, 0.6) is 0 Å². The molecule has 0 aliphatic carbocycles. The molecule has 3 heterocycles.